The van der Waals surface area contributed by atoms with Crippen molar-refractivity contribution in [2.45, 2.75) is 0 Å². The molecule has 4 nitrogen and oxygen atoms in total. The fourth-order valence-electron chi connectivity index (χ4n) is 0.203. The lowest BCUT2D eigenvalue weighted by Gasteiger charge is -1.63. The summed E-state index contributed by atoms with van der Waals surface area (Å²) >= 11 is 1.15. The Morgan fingerprint density at radius 2 is 2.71 bits per heavy atom. The summed E-state index contributed by atoms with van der Waals surface area (Å²) in [6, 6.07) is 0. The minimum atomic E-state index is 0.269. The zero-order chi connectivity index (χ0) is 5.11. The first-order valence-electron chi connectivity index (χ1n) is 1.55. The van der Waals surface area contributed by atoms with Crippen LogP contribution in [0.25, 0.3) is 0 Å². The van der Waals surface area contributed by atoms with E-state index in [2.05, 4.69) is 14.7 Å². The summed E-state index contributed by atoms with van der Waals surface area (Å²) in [6.45, 7) is 0. The average Bonchev–Trinajstić information content (AvgIpc) is 2.14. The van der Waals surface area contributed by atoms with E-state index < -0.39 is 0 Å². The third kappa shape index (κ3) is 0.774. The number of hydrogen-bond donors (Lipinski definition) is 0. The maximum atomic E-state index is 7.96. The highest BCUT2D eigenvalue weighted by Crippen LogP contribution is 2.04. The van der Waals surface area contributed by atoms with Crippen molar-refractivity contribution in [1.29, 1.82) is 0 Å². The summed E-state index contributed by atoms with van der Waals surface area (Å²) in [7, 11) is 0. The summed E-state index contributed by atoms with van der Waals surface area (Å²) < 4.78 is 3.43. The molecule has 0 amide bonds. The molecular weight excluding hydrogens is 112 g/mol. The Kier molecular flexibility index (Phi) is 1.08. The third-order valence-corrected chi connectivity index (χ3v) is 0.943. The predicted octanol–water partition coefficient (Wildman–Crippen LogP) is 0.422. The fourth-order valence-corrected chi connectivity index (χ4v) is 0.570. The second-order valence-corrected chi connectivity index (χ2v) is 1.47. The molecule has 0 atom stereocenters. The van der Waals surface area contributed by atoms with Crippen LogP contribution in [0.3, 0.4) is 0 Å². The van der Waals surface area contributed by atoms with Gasteiger partial charge < -0.3 is 0 Å². The van der Waals surface area contributed by atoms with E-state index in [1.165, 1.54) is 0 Å². The van der Waals surface area contributed by atoms with Crippen molar-refractivity contribution in [1.82, 2.24) is 15.1 Å². The lowest BCUT2D eigenvalue weighted by atomic mass is 10.9. The number of hydrogen-bond acceptors (Lipinski definition) is 4. The van der Waals surface area contributed by atoms with E-state index in [0.29, 0.717) is 0 Å². The van der Waals surface area contributed by atoms with Gasteiger partial charge in [0, 0.05) is 0 Å². The van der Waals surface area contributed by atoms with Crippen LogP contribution in [0.1, 0.15) is 0 Å². The second kappa shape index (κ2) is 1.74. The van der Waals surface area contributed by atoms with Crippen molar-refractivity contribution >= 4 is 17.4 Å². The van der Waals surface area contributed by atoms with E-state index in [4.69, 9.17) is 5.53 Å². The molecule has 0 aliphatic carbocycles. The average molecular weight is 113 g/mol. The molecule has 1 heterocycles. The fraction of sp³-hybridized carbons (Fsp3) is 0. The van der Waals surface area contributed by atoms with Gasteiger partial charge in [-0.25, -0.2) is 0 Å². The minimum absolute atomic E-state index is 0.269. The molecule has 0 aliphatic rings. The Morgan fingerprint density at radius 1 is 1.86 bits per heavy atom. The van der Waals surface area contributed by atoms with Crippen LogP contribution in [-0.4, -0.2) is 9.59 Å². The number of rotatable bonds is 1. The monoisotopic (exact) mass is 113 g/mol. The van der Waals surface area contributed by atoms with Gasteiger partial charge in [-0.05, 0) is 17.1 Å². The summed E-state index contributed by atoms with van der Waals surface area (Å²) in [5, 5.41) is 7.70. The Labute approximate surface area is 43.9 Å². The van der Waals surface area contributed by atoms with Crippen molar-refractivity contribution in [3.8, 4) is 0 Å². The van der Waals surface area contributed by atoms with Gasteiger partial charge in [-0.15, -0.1) is 10.2 Å². The van der Waals surface area contributed by atoms with Crippen molar-refractivity contribution in [2.24, 2.45) is 5.11 Å². The van der Waals surface area contributed by atoms with Crippen LogP contribution in [-0.2, 0) is 0 Å². The molecule has 0 spiro atoms. The Bertz CT molecular complexity index is 145. The largest absolute Gasteiger partial charge is 0.210 e. The third-order valence-electron chi connectivity index (χ3n) is 0.451. The Balaban J connectivity index is 2.96. The molecule has 35 valence electrons. The van der Waals surface area contributed by atoms with Gasteiger partial charge in [0.15, 0.2) is 0 Å². The van der Waals surface area contributed by atoms with Gasteiger partial charge in [0.2, 0.25) is 5.82 Å². The van der Waals surface area contributed by atoms with Crippen LogP contribution >= 0.6 is 11.5 Å². The summed E-state index contributed by atoms with van der Waals surface area (Å²) in [6.07, 6.45) is 0. The van der Waals surface area contributed by atoms with E-state index >= 15 is 0 Å². The molecule has 0 fully saturated rings. The molecule has 1 rings (SSSR count). The first-order chi connectivity index (χ1) is 3.43. The van der Waals surface area contributed by atoms with E-state index in [-0.39, 0.29) is 5.82 Å². The Morgan fingerprint density at radius 3 is 3.00 bits per heavy atom. The first kappa shape index (κ1) is 4.32. The molecule has 0 unspecified atom stereocenters. The van der Waals surface area contributed by atoms with Gasteiger partial charge in [-0.3, -0.25) is 0 Å². The van der Waals surface area contributed by atoms with Crippen LogP contribution in [0.5, 0.6) is 0 Å². The maximum Gasteiger partial charge on any atom is 0.210 e. The number of aromatic nitrogens is 2. The quantitative estimate of drug-likeness (QED) is 0.495. The number of nitrogens with zero attached hydrogens (tertiary/aromatic N) is 4. The molecule has 5 heteroatoms. The maximum absolute atomic E-state index is 7.96. The highest BCUT2D eigenvalue weighted by molar-refractivity contribution is 7.03. The van der Waals surface area contributed by atoms with E-state index in [9.17, 15) is 0 Å². The summed E-state index contributed by atoms with van der Waals surface area (Å²) in [4.78, 5) is 0. The molecule has 0 aliphatic heterocycles. The second-order valence-electron chi connectivity index (χ2n) is 0.863. The molecule has 1 aromatic heterocycles. The van der Waals surface area contributed by atoms with Crippen LogP contribution in [0.2, 0.25) is 0 Å². The van der Waals surface area contributed by atoms with Crippen LogP contribution < -0.4 is 5.53 Å². The molecule has 7 heavy (non-hydrogen) atoms. The zero-order valence-electron chi connectivity index (χ0n) is 3.27. The SMILES string of the molecule is [N]=Nc1csnn1. The van der Waals surface area contributed by atoms with Crippen molar-refractivity contribution < 1.29 is 0 Å². The smallest absolute Gasteiger partial charge is 0.116 e. The van der Waals surface area contributed by atoms with Gasteiger partial charge in [0.25, 0.3) is 0 Å². The van der Waals surface area contributed by atoms with E-state index in [1.54, 1.807) is 5.38 Å². The van der Waals surface area contributed by atoms with Crippen LogP contribution in [0.4, 0.5) is 5.82 Å². The van der Waals surface area contributed by atoms with E-state index in [0.717, 1.165) is 11.5 Å². The highest BCUT2D eigenvalue weighted by Gasteiger charge is 1.86. The molecule has 0 bridgehead atoms. The van der Waals surface area contributed by atoms with Crippen LogP contribution in [0, 0.1) is 0 Å². The summed E-state index contributed by atoms with van der Waals surface area (Å²) in [5.74, 6) is 0.269. The first-order valence-corrected chi connectivity index (χ1v) is 2.39. The molecule has 0 saturated carbocycles. The van der Waals surface area contributed by atoms with Gasteiger partial charge >= 0.3 is 0 Å². The van der Waals surface area contributed by atoms with E-state index in [1.807, 2.05) is 0 Å². The standard InChI is InChI=1S/C2HN4S/c3-4-2-1-7-6-5-2/h1H. The van der Waals surface area contributed by atoms with Gasteiger partial charge in [-0.2, -0.15) is 0 Å². The molecule has 1 aromatic rings. The van der Waals surface area contributed by atoms with Gasteiger partial charge in [-0.1, -0.05) is 4.49 Å². The van der Waals surface area contributed by atoms with Gasteiger partial charge in [0.1, 0.15) is 0 Å². The van der Waals surface area contributed by atoms with Crippen molar-refractivity contribution in [3.05, 3.63) is 5.38 Å². The van der Waals surface area contributed by atoms with Crippen molar-refractivity contribution in [3.63, 3.8) is 0 Å². The highest BCUT2D eigenvalue weighted by atomic mass is 32.1. The molecular formula is C2HN4S. The molecule has 1 radical (unpaired) electrons. The molecule has 0 saturated heterocycles. The van der Waals surface area contributed by atoms with Gasteiger partial charge in [0.05, 0.1) is 5.38 Å². The summed E-state index contributed by atoms with van der Waals surface area (Å²) in [5.41, 5.74) is 7.96. The lowest BCUT2D eigenvalue weighted by molar-refractivity contribution is 1.10. The minimum Gasteiger partial charge on any atom is -0.116 e. The zero-order valence-corrected chi connectivity index (χ0v) is 4.09. The molecule has 0 N–H and O–H groups in total. The van der Waals surface area contributed by atoms with Crippen molar-refractivity contribution in [2.75, 3.05) is 0 Å². The normalized spacial score (nSPS) is 8.57. The lowest BCUT2D eigenvalue weighted by Crippen LogP contribution is -1.60. The van der Waals surface area contributed by atoms with Crippen LogP contribution in [0.15, 0.2) is 10.5 Å². The topological polar surface area (TPSA) is 60.4 Å². The Hall–Kier alpha value is -0.840. The predicted molar refractivity (Wildman–Crippen MR) is 24.1 cm³/mol. The molecule has 0 aromatic carbocycles.